The number of hydrogen-bond donors (Lipinski definition) is 2. The van der Waals surface area contributed by atoms with Crippen LogP contribution in [-0.4, -0.2) is 37.5 Å². The third-order valence-corrected chi connectivity index (χ3v) is 3.10. The lowest BCUT2D eigenvalue weighted by Gasteiger charge is -2.34. The average molecular weight is 236 g/mol. The minimum atomic E-state index is -0.0808. The quantitative estimate of drug-likeness (QED) is 0.819. The van der Waals surface area contributed by atoms with Crippen molar-refractivity contribution in [1.82, 2.24) is 0 Å². The fourth-order valence-corrected chi connectivity index (χ4v) is 2.07. The number of benzene rings is 1. The van der Waals surface area contributed by atoms with E-state index < -0.39 is 0 Å². The molecule has 2 unspecified atom stereocenters. The first-order valence-electron chi connectivity index (χ1n) is 6.03. The lowest BCUT2D eigenvalue weighted by atomic mass is 10.1. The monoisotopic (exact) mass is 236 g/mol. The molecule has 2 rings (SSSR count). The maximum Gasteiger partial charge on any atom is 0.0980 e. The van der Waals surface area contributed by atoms with Gasteiger partial charge in [0.25, 0.3) is 0 Å². The standard InChI is InChI=1S/C13H20N2O2/c1-10(14)11-3-2-4-12(7-11)15-5-6-17-13(8-15)9-16/h2-4,7,10,13,16H,5-6,8-9,14H2,1H3. The molecule has 1 aliphatic rings. The Labute approximate surface area is 102 Å². The summed E-state index contributed by atoms with van der Waals surface area (Å²) in [7, 11) is 0. The van der Waals surface area contributed by atoms with Crippen LogP contribution in [0.5, 0.6) is 0 Å². The molecule has 2 atom stereocenters. The molecule has 1 aromatic carbocycles. The SMILES string of the molecule is CC(N)c1cccc(N2CCOC(CO)C2)c1. The van der Waals surface area contributed by atoms with Gasteiger partial charge in [0.1, 0.15) is 0 Å². The van der Waals surface area contributed by atoms with Gasteiger partial charge in [-0.15, -0.1) is 0 Å². The smallest absolute Gasteiger partial charge is 0.0980 e. The molecule has 4 nitrogen and oxygen atoms in total. The molecule has 4 heteroatoms. The van der Waals surface area contributed by atoms with Crippen LogP contribution in [-0.2, 0) is 4.74 Å². The Balaban J connectivity index is 2.13. The lowest BCUT2D eigenvalue weighted by Crippen LogP contribution is -2.44. The first kappa shape index (κ1) is 12.4. The zero-order chi connectivity index (χ0) is 12.3. The Bertz CT molecular complexity index is 368. The normalized spacial score (nSPS) is 22.5. The van der Waals surface area contributed by atoms with Gasteiger partial charge in [0.05, 0.1) is 19.3 Å². The van der Waals surface area contributed by atoms with Gasteiger partial charge in [-0.05, 0) is 24.6 Å². The van der Waals surface area contributed by atoms with E-state index in [-0.39, 0.29) is 18.8 Å². The zero-order valence-electron chi connectivity index (χ0n) is 10.2. The molecule has 17 heavy (non-hydrogen) atoms. The van der Waals surface area contributed by atoms with E-state index in [9.17, 15) is 0 Å². The summed E-state index contributed by atoms with van der Waals surface area (Å²) in [6.07, 6.45) is -0.0808. The Morgan fingerprint density at radius 1 is 1.59 bits per heavy atom. The van der Waals surface area contributed by atoms with Crippen LogP contribution in [0.25, 0.3) is 0 Å². The van der Waals surface area contributed by atoms with Gasteiger partial charge in [0, 0.05) is 24.8 Å². The number of hydrogen-bond acceptors (Lipinski definition) is 4. The van der Waals surface area contributed by atoms with E-state index in [0.717, 1.165) is 24.3 Å². The third kappa shape index (κ3) is 2.97. The van der Waals surface area contributed by atoms with Crippen LogP contribution in [0.15, 0.2) is 24.3 Å². The molecule has 0 bridgehead atoms. The maximum absolute atomic E-state index is 9.13. The molecular formula is C13H20N2O2. The number of ether oxygens (including phenoxy) is 1. The molecule has 3 N–H and O–H groups in total. The van der Waals surface area contributed by atoms with E-state index in [1.807, 2.05) is 19.1 Å². The zero-order valence-corrected chi connectivity index (χ0v) is 10.2. The Morgan fingerprint density at radius 3 is 3.12 bits per heavy atom. The summed E-state index contributed by atoms with van der Waals surface area (Å²) in [6, 6.07) is 8.30. The van der Waals surface area contributed by atoms with Gasteiger partial charge in [-0.1, -0.05) is 12.1 Å². The molecule has 0 radical (unpaired) electrons. The van der Waals surface area contributed by atoms with Crippen molar-refractivity contribution in [2.45, 2.75) is 19.1 Å². The second kappa shape index (κ2) is 5.49. The van der Waals surface area contributed by atoms with Crippen LogP contribution >= 0.6 is 0 Å². The van der Waals surface area contributed by atoms with Crippen LogP contribution in [0.1, 0.15) is 18.5 Å². The third-order valence-electron chi connectivity index (χ3n) is 3.10. The van der Waals surface area contributed by atoms with E-state index in [0.29, 0.717) is 6.61 Å². The molecular weight excluding hydrogens is 216 g/mol. The molecule has 0 spiro atoms. The van der Waals surface area contributed by atoms with Gasteiger partial charge in [-0.25, -0.2) is 0 Å². The van der Waals surface area contributed by atoms with Gasteiger partial charge in [0.15, 0.2) is 0 Å². The predicted molar refractivity (Wildman–Crippen MR) is 68.1 cm³/mol. The van der Waals surface area contributed by atoms with Crippen LogP contribution < -0.4 is 10.6 Å². The molecule has 0 saturated carbocycles. The summed E-state index contributed by atoms with van der Waals surface area (Å²) in [5.74, 6) is 0. The number of nitrogens with zero attached hydrogens (tertiary/aromatic N) is 1. The fourth-order valence-electron chi connectivity index (χ4n) is 2.07. The number of aliphatic hydroxyl groups excluding tert-OH is 1. The highest BCUT2D eigenvalue weighted by Crippen LogP contribution is 2.21. The van der Waals surface area contributed by atoms with Crippen LogP contribution in [0.2, 0.25) is 0 Å². The second-order valence-corrected chi connectivity index (χ2v) is 4.51. The maximum atomic E-state index is 9.13. The highest BCUT2D eigenvalue weighted by Gasteiger charge is 2.20. The van der Waals surface area contributed by atoms with E-state index >= 15 is 0 Å². The highest BCUT2D eigenvalue weighted by atomic mass is 16.5. The molecule has 1 fully saturated rings. The highest BCUT2D eigenvalue weighted by molar-refractivity contribution is 5.49. The fraction of sp³-hybridized carbons (Fsp3) is 0.538. The lowest BCUT2D eigenvalue weighted by molar-refractivity contribution is 0.00356. The second-order valence-electron chi connectivity index (χ2n) is 4.51. The Kier molecular flexibility index (Phi) is 3.99. The number of anilines is 1. The van der Waals surface area contributed by atoms with Crippen molar-refractivity contribution in [2.24, 2.45) is 5.73 Å². The van der Waals surface area contributed by atoms with Crippen molar-refractivity contribution in [3.8, 4) is 0 Å². The molecule has 1 heterocycles. The molecule has 0 aliphatic carbocycles. The van der Waals surface area contributed by atoms with Crippen molar-refractivity contribution in [3.63, 3.8) is 0 Å². The van der Waals surface area contributed by atoms with E-state index in [2.05, 4.69) is 17.0 Å². The summed E-state index contributed by atoms with van der Waals surface area (Å²) in [4.78, 5) is 2.23. The molecule has 1 saturated heterocycles. The predicted octanol–water partition coefficient (Wildman–Crippen LogP) is 0.904. The molecule has 0 aromatic heterocycles. The largest absolute Gasteiger partial charge is 0.394 e. The number of nitrogens with two attached hydrogens (primary N) is 1. The number of morpholine rings is 1. The molecule has 0 amide bonds. The van der Waals surface area contributed by atoms with Crippen LogP contribution in [0.3, 0.4) is 0 Å². The van der Waals surface area contributed by atoms with E-state index in [1.54, 1.807) is 0 Å². The average Bonchev–Trinajstić information content (AvgIpc) is 2.39. The van der Waals surface area contributed by atoms with Gasteiger partial charge < -0.3 is 20.5 Å². The summed E-state index contributed by atoms with van der Waals surface area (Å²) in [5.41, 5.74) is 8.17. The van der Waals surface area contributed by atoms with Crippen LogP contribution in [0, 0.1) is 0 Å². The van der Waals surface area contributed by atoms with Crippen molar-refractivity contribution >= 4 is 5.69 Å². The van der Waals surface area contributed by atoms with Gasteiger partial charge in [-0.2, -0.15) is 0 Å². The summed E-state index contributed by atoms with van der Waals surface area (Å²) in [6.45, 7) is 4.31. The van der Waals surface area contributed by atoms with E-state index in [4.69, 9.17) is 15.6 Å². The van der Waals surface area contributed by atoms with Crippen molar-refractivity contribution in [3.05, 3.63) is 29.8 Å². The summed E-state index contributed by atoms with van der Waals surface area (Å²) < 4.78 is 5.44. The van der Waals surface area contributed by atoms with Gasteiger partial charge in [-0.3, -0.25) is 0 Å². The molecule has 94 valence electrons. The van der Waals surface area contributed by atoms with Gasteiger partial charge in [0.2, 0.25) is 0 Å². The number of rotatable bonds is 3. The van der Waals surface area contributed by atoms with Crippen molar-refractivity contribution in [1.29, 1.82) is 0 Å². The molecule has 1 aromatic rings. The topological polar surface area (TPSA) is 58.7 Å². The van der Waals surface area contributed by atoms with Crippen molar-refractivity contribution < 1.29 is 9.84 Å². The Morgan fingerprint density at radius 2 is 2.41 bits per heavy atom. The summed E-state index contributed by atoms with van der Waals surface area (Å²) in [5, 5.41) is 9.13. The Hall–Kier alpha value is -1.10. The number of aliphatic hydroxyl groups is 1. The van der Waals surface area contributed by atoms with Gasteiger partial charge >= 0.3 is 0 Å². The minimum Gasteiger partial charge on any atom is -0.394 e. The first-order chi connectivity index (χ1) is 8.20. The summed E-state index contributed by atoms with van der Waals surface area (Å²) >= 11 is 0. The van der Waals surface area contributed by atoms with Crippen LogP contribution in [0.4, 0.5) is 5.69 Å². The van der Waals surface area contributed by atoms with E-state index in [1.165, 1.54) is 0 Å². The first-order valence-corrected chi connectivity index (χ1v) is 6.03. The van der Waals surface area contributed by atoms with Crippen molar-refractivity contribution in [2.75, 3.05) is 31.2 Å². The minimum absolute atomic E-state index is 0.0460. The molecule has 1 aliphatic heterocycles.